The molecule has 0 spiro atoms. The zero-order valence-corrected chi connectivity index (χ0v) is 11.1. The van der Waals surface area contributed by atoms with Gasteiger partial charge >= 0.3 is 5.97 Å². The molecular formula is C12H11FN2O4S. The molecule has 8 heteroatoms. The molecule has 0 bridgehead atoms. The number of carbonyl (C=O) groups excluding carboxylic acids is 2. The summed E-state index contributed by atoms with van der Waals surface area (Å²) in [4.78, 5) is 35.4. The van der Waals surface area contributed by atoms with Crippen LogP contribution in [0.1, 0.15) is 10.4 Å². The van der Waals surface area contributed by atoms with Gasteiger partial charge in [-0.3, -0.25) is 9.59 Å². The number of benzene rings is 1. The smallest absolute Gasteiger partial charge is 0.340 e. The van der Waals surface area contributed by atoms with Gasteiger partial charge < -0.3 is 15.3 Å². The third kappa shape index (κ3) is 3.08. The van der Waals surface area contributed by atoms with Crippen molar-refractivity contribution in [3.63, 3.8) is 0 Å². The number of rotatable bonds is 4. The van der Waals surface area contributed by atoms with E-state index in [1.807, 2.05) is 0 Å². The summed E-state index contributed by atoms with van der Waals surface area (Å²) in [5.41, 5.74) is -0.718. The number of nitrogens with one attached hydrogen (secondary N) is 1. The van der Waals surface area contributed by atoms with Crippen LogP contribution in [0.15, 0.2) is 18.2 Å². The van der Waals surface area contributed by atoms with Gasteiger partial charge in [-0.05, 0) is 12.1 Å². The second kappa shape index (κ2) is 5.91. The van der Waals surface area contributed by atoms with Crippen LogP contribution in [0.5, 0.6) is 0 Å². The van der Waals surface area contributed by atoms with E-state index in [1.165, 1.54) is 28.8 Å². The van der Waals surface area contributed by atoms with Crippen molar-refractivity contribution in [1.82, 2.24) is 4.90 Å². The lowest BCUT2D eigenvalue weighted by Crippen LogP contribution is -2.34. The standard InChI is InChI=1S/C12H11FN2O4S/c13-7-2-1-3-8(11(7)12(18)19)14-9(16)4-15-6-20-5-10(15)17/h1-3H,4-6H2,(H,14,16)(H,18,19). The van der Waals surface area contributed by atoms with Gasteiger partial charge in [-0.25, -0.2) is 9.18 Å². The van der Waals surface area contributed by atoms with Gasteiger partial charge in [0.25, 0.3) is 0 Å². The van der Waals surface area contributed by atoms with E-state index >= 15 is 0 Å². The number of hydrogen-bond donors (Lipinski definition) is 2. The third-order valence-corrected chi connectivity index (χ3v) is 3.61. The van der Waals surface area contributed by atoms with Gasteiger partial charge in [-0.1, -0.05) is 6.07 Å². The predicted molar refractivity (Wildman–Crippen MR) is 71.0 cm³/mol. The molecule has 1 aromatic carbocycles. The minimum Gasteiger partial charge on any atom is -0.478 e. The maximum atomic E-state index is 13.4. The number of nitrogens with zero attached hydrogens (tertiary/aromatic N) is 1. The first-order valence-electron chi connectivity index (χ1n) is 5.66. The average molecular weight is 298 g/mol. The SMILES string of the molecule is O=C(CN1CSCC1=O)Nc1cccc(F)c1C(=O)O. The summed E-state index contributed by atoms with van der Waals surface area (Å²) in [6.45, 7) is -0.179. The van der Waals surface area contributed by atoms with Crippen LogP contribution < -0.4 is 5.32 Å². The molecule has 1 heterocycles. The number of amides is 2. The van der Waals surface area contributed by atoms with Gasteiger partial charge in [0.05, 0.1) is 17.3 Å². The molecule has 1 aliphatic rings. The molecule has 6 nitrogen and oxygen atoms in total. The molecular weight excluding hydrogens is 287 g/mol. The van der Waals surface area contributed by atoms with E-state index in [4.69, 9.17) is 5.11 Å². The Morgan fingerprint density at radius 2 is 2.20 bits per heavy atom. The highest BCUT2D eigenvalue weighted by Crippen LogP contribution is 2.19. The van der Waals surface area contributed by atoms with Crippen molar-refractivity contribution in [2.24, 2.45) is 0 Å². The first kappa shape index (κ1) is 14.3. The van der Waals surface area contributed by atoms with Crippen LogP contribution in [0.4, 0.5) is 10.1 Å². The molecule has 106 valence electrons. The monoisotopic (exact) mass is 298 g/mol. The summed E-state index contributed by atoms with van der Waals surface area (Å²) in [5.74, 6) is -2.36. The Hall–Kier alpha value is -2.09. The average Bonchev–Trinajstić information content (AvgIpc) is 2.74. The molecule has 20 heavy (non-hydrogen) atoms. The largest absolute Gasteiger partial charge is 0.478 e. The Morgan fingerprint density at radius 3 is 2.80 bits per heavy atom. The number of carboxylic acid groups (broad SMARTS) is 1. The van der Waals surface area contributed by atoms with Gasteiger partial charge in [0.1, 0.15) is 17.9 Å². The normalized spacial score (nSPS) is 14.4. The van der Waals surface area contributed by atoms with Crippen molar-refractivity contribution in [3.8, 4) is 0 Å². The van der Waals surface area contributed by atoms with E-state index in [0.29, 0.717) is 11.6 Å². The molecule has 0 atom stereocenters. The summed E-state index contributed by atoms with van der Waals surface area (Å²) < 4.78 is 13.4. The number of carbonyl (C=O) groups is 3. The number of thioether (sulfide) groups is 1. The van der Waals surface area contributed by atoms with Crippen molar-refractivity contribution in [1.29, 1.82) is 0 Å². The fourth-order valence-corrected chi connectivity index (χ4v) is 2.65. The second-order valence-corrected chi connectivity index (χ2v) is 5.04. The number of anilines is 1. The first-order chi connectivity index (χ1) is 9.49. The summed E-state index contributed by atoms with van der Waals surface area (Å²) in [7, 11) is 0. The second-order valence-electron chi connectivity index (χ2n) is 4.08. The maximum absolute atomic E-state index is 13.4. The molecule has 0 aromatic heterocycles. The lowest BCUT2D eigenvalue weighted by atomic mass is 10.1. The Kier molecular flexibility index (Phi) is 4.23. The van der Waals surface area contributed by atoms with E-state index < -0.39 is 23.3 Å². The lowest BCUT2D eigenvalue weighted by Gasteiger charge is -2.15. The van der Waals surface area contributed by atoms with Gasteiger partial charge in [0, 0.05) is 0 Å². The van der Waals surface area contributed by atoms with Crippen LogP contribution >= 0.6 is 11.8 Å². The van der Waals surface area contributed by atoms with E-state index in [0.717, 1.165) is 6.07 Å². The third-order valence-electron chi connectivity index (χ3n) is 2.66. The molecule has 1 saturated heterocycles. The molecule has 1 fully saturated rings. The topological polar surface area (TPSA) is 86.7 Å². The minimum absolute atomic E-state index is 0.123. The summed E-state index contributed by atoms with van der Waals surface area (Å²) in [5, 5.41) is 11.2. The highest BCUT2D eigenvalue weighted by molar-refractivity contribution is 8.00. The Labute approximate surface area is 117 Å². The van der Waals surface area contributed by atoms with Crippen molar-refractivity contribution in [2.45, 2.75) is 0 Å². The molecule has 0 aliphatic carbocycles. The molecule has 1 aliphatic heterocycles. The van der Waals surface area contributed by atoms with Crippen LogP contribution in [-0.4, -0.2) is 46.0 Å². The van der Waals surface area contributed by atoms with Gasteiger partial charge in [-0.2, -0.15) is 0 Å². The minimum atomic E-state index is -1.47. The Balaban J connectivity index is 2.10. The zero-order chi connectivity index (χ0) is 14.7. The predicted octanol–water partition coefficient (Wildman–Crippen LogP) is 0.995. The number of halogens is 1. The van der Waals surface area contributed by atoms with Gasteiger partial charge in [0.2, 0.25) is 11.8 Å². The van der Waals surface area contributed by atoms with E-state index in [2.05, 4.69) is 5.32 Å². The highest BCUT2D eigenvalue weighted by atomic mass is 32.2. The fourth-order valence-electron chi connectivity index (χ4n) is 1.75. The van der Waals surface area contributed by atoms with Crippen LogP contribution in [0.25, 0.3) is 0 Å². The van der Waals surface area contributed by atoms with E-state index in [-0.39, 0.29) is 18.1 Å². The Morgan fingerprint density at radius 1 is 1.45 bits per heavy atom. The van der Waals surface area contributed by atoms with Gasteiger partial charge in [-0.15, -0.1) is 11.8 Å². The number of carboxylic acids is 1. The van der Waals surface area contributed by atoms with Crippen molar-refractivity contribution >= 4 is 35.2 Å². The zero-order valence-electron chi connectivity index (χ0n) is 10.3. The maximum Gasteiger partial charge on any atom is 0.340 e. The first-order valence-corrected chi connectivity index (χ1v) is 6.81. The Bertz CT molecular complexity index is 579. The number of aromatic carboxylic acids is 1. The molecule has 2 rings (SSSR count). The summed E-state index contributed by atoms with van der Waals surface area (Å²) in [6.07, 6.45) is 0. The van der Waals surface area contributed by atoms with E-state index in [1.54, 1.807) is 0 Å². The van der Waals surface area contributed by atoms with Crippen molar-refractivity contribution in [2.75, 3.05) is 23.5 Å². The molecule has 0 unspecified atom stereocenters. The fraction of sp³-hybridized carbons (Fsp3) is 0.250. The van der Waals surface area contributed by atoms with Crippen LogP contribution in [-0.2, 0) is 9.59 Å². The highest BCUT2D eigenvalue weighted by Gasteiger charge is 2.24. The molecule has 0 saturated carbocycles. The molecule has 2 N–H and O–H groups in total. The quantitative estimate of drug-likeness (QED) is 0.866. The van der Waals surface area contributed by atoms with E-state index in [9.17, 15) is 18.8 Å². The summed E-state index contributed by atoms with van der Waals surface area (Å²) in [6, 6.07) is 3.60. The molecule has 0 radical (unpaired) electrons. The van der Waals surface area contributed by atoms with Gasteiger partial charge in [0.15, 0.2) is 0 Å². The van der Waals surface area contributed by atoms with Crippen LogP contribution in [0.2, 0.25) is 0 Å². The number of hydrogen-bond acceptors (Lipinski definition) is 4. The van der Waals surface area contributed by atoms with Crippen molar-refractivity contribution in [3.05, 3.63) is 29.6 Å². The van der Waals surface area contributed by atoms with Crippen LogP contribution in [0.3, 0.4) is 0 Å². The molecule has 2 amide bonds. The lowest BCUT2D eigenvalue weighted by molar-refractivity contribution is -0.130. The molecule has 1 aromatic rings. The van der Waals surface area contributed by atoms with Crippen molar-refractivity contribution < 1.29 is 23.9 Å². The summed E-state index contributed by atoms with van der Waals surface area (Å²) >= 11 is 1.39. The van der Waals surface area contributed by atoms with Crippen LogP contribution in [0, 0.1) is 5.82 Å².